The zero-order chi connectivity index (χ0) is 19.8. The number of aryl methyl sites for hydroxylation is 1. The van der Waals surface area contributed by atoms with E-state index in [0.29, 0.717) is 25.9 Å². The van der Waals surface area contributed by atoms with Crippen LogP contribution in [-0.4, -0.2) is 28.5 Å². The number of phosphoric ester groups is 1. The molecule has 1 aromatic carbocycles. The molecular weight excluding hydrogens is 385 g/mol. The minimum atomic E-state index is -4.50. The van der Waals surface area contributed by atoms with Crippen LogP contribution in [0.4, 0.5) is 0 Å². The molecule has 0 aliphatic carbocycles. The van der Waals surface area contributed by atoms with Crippen molar-refractivity contribution in [3.05, 3.63) is 52.2 Å². The lowest BCUT2D eigenvalue weighted by molar-refractivity contribution is 0.154. The smallest absolute Gasteiger partial charge is 0.469 e. The predicted octanol–water partition coefficient (Wildman–Crippen LogP) is 3.33. The fourth-order valence-electron chi connectivity index (χ4n) is 2.18. The number of thiophene rings is 1. The van der Waals surface area contributed by atoms with Crippen molar-refractivity contribution >= 4 is 19.2 Å². The van der Waals surface area contributed by atoms with Crippen LogP contribution in [0.5, 0.6) is 5.75 Å². The summed E-state index contributed by atoms with van der Waals surface area (Å²) in [5.74, 6) is 7.06. The molecule has 1 heterocycles. The topological polar surface area (TPSA) is 102 Å². The molecule has 0 aliphatic rings. The summed E-state index contributed by atoms with van der Waals surface area (Å²) in [4.78, 5) is 19.6. The molecule has 146 valence electrons. The first-order valence-electron chi connectivity index (χ1n) is 8.48. The van der Waals surface area contributed by atoms with Crippen molar-refractivity contribution < 1.29 is 23.6 Å². The first-order chi connectivity index (χ1) is 12.7. The van der Waals surface area contributed by atoms with E-state index in [2.05, 4.69) is 16.4 Å². The van der Waals surface area contributed by atoms with Gasteiger partial charge in [-0.1, -0.05) is 30.0 Å². The molecule has 2 aromatic rings. The quantitative estimate of drug-likeness (QED) is 0.334. The average molecular weight is 409 g/mol. The average Bonchev–Trinajstić information content (AvgIpc) is 3.07. The third-order valence-corrected chi connectivity index (χ3v) is 5.14. The van der Waals surface area contributed by atoms with Crippen LogP contribution in [0.3, 0.4) is 0 Å². The molecule has 0 aliphatic heterocycles. The second-order valence-electron chi connectivity index (χ2n) is 6.40. The zero-order valence-corrected chi connectivity index (χ0v) is 16.8. The molecule has 0 radical (unpaired) electrons. The number of benzene rings is 1. The van der Waals surface area contributed by atoms with Crippen molar-refractivity contribution in [1.29, 1.82) is 0 Å². The predicted molar refractivity (Wildman–Crippen MR) is 107 cm³/mol. The highest BCUT2D eigenvalue weighted by Crippen LogP contribution is 2.37. The first kappa shape index (κ1) is 21.6. The van der Waals surface area contributed by atoms with Gasteiger partial charge in [0.15, 0.2) is 0 Å². The normalized spacial score (nSPS) is 13.5. The summed E-state index contributed by atoms with van der Waals surface area (Å²) in [5.41, 5.74) is 5.22. The van der Waals surface area contributed by atoms with Gasteiger partial charge in [-0.25, -0.2) is 4.57 Å². The van der Waals surface area contributed by atoms with Gasteiger partial charge in [0, 0.05) is 16.8 Å². The highest BCUT2D eigenvalue weighted by atomic mass is 32.1. The lowest BCUT2D eigenvalue weighted by Gasteiger charge is -2.24. The van der Waals surface area contributed by atoms with Crippen LogP contribution in [0.25, 0.3) is 0 Å². The monoisotopic (exact) mass is 409 g/mol. The fraction of sp³-hybridized carbons (Fsp3) is 0.368. The lowest BCUT2D eigenvalue weighted by atomic mass is 9.98. The van der Waals surface area contributed by atoms with Crippen molar-refractivity contribution in [3.8, 4) is 17.6 Å². The molecule has 0 saturated carbocycles. The molecule has 6 nitrogen and oxygen atoms in total. The molecule has 0 amide bonds. The molecule has 1 aromatic heterocycles. The van der Waals surface area contributed by atoms with Crippen LogP contribution in [0.15, 0.2) is 42.5 Å². The second-order valence-corrected chi connectivity index (χ2v) is 8.80. The number of phosphoric acid groups is 1. The van der Waals surface area contributed by atoms with E-state index in [1.165, 1.54) is 0 Å². The van der Waals surface area contributed by atoms with Gasteiger partial charge in [-0.05, 0) is 44.0 Å². The molecule has 8 heteroatoms. The van der Waals surface area contributed by atoms with E-state index in [-0.39, 0.29) is 6.61 Å². The molecule has 0 spiro atoms. The number of hydrogen-bond donors (Lipinski definition) is 3. The summed E-state index contributed by atoms with van der Waals surface area (Å²) in [6, 6.07) is 13.6. The minimum absolute atomic E-state index is 0.198. The van der Waals surface area contributed by atoms with E-state index in [9.17, 15) is 4.57 Å². The van der Waals surface area contributed by atoms with E-state index in [1.807, 2.05) is 42.5 Å². The molecule has 27 heavy (non-hydrogen) atoms. The van der Waals surface area contributed by atoms with Gasteiger partial charge in [0.2, 0.25) is 0 Å². The highest BCUT2D eigenvalue weighted by Gasteiger charge is 2.24. The SMILES string of the molecule is CC(N)(CCc1ccc(C#CCCOc2ccccc2)s1)COP(=O)(O)O. The minimum Gasteiger partial charge on any atom is -0.493 e. The fourth-order valence-corrected chi connectivity index (χ4v) is 3.52. The maximum Gasteiger partial charge on any atom is 0.469 e. The maximum absolute atomic E-state index is 10.8. The van der Waals surface area contributed by atoms with Crippen LogP contribution in [-0.2, 0) is 15.5 Å². The van der Waals surface area contributed by atoms with Gasteiger partial charge >= 0.3 is 7.82 Å². The summed E-state index contributed by atoms with van der Waals surface area (Å²) in [6.45, 7) is 2.06. The summed E-state index contributed by atoms with van der Waals surface area (Å²) < 4.78 is 20.9. The number of nitrogens with two attached hydrogens (primary N) is 1. The van der Waals surface area contributed by atoms with E-state index >= 15 is 0 Å². The van der Waals surface area contributed by atoms with Crippen molar-refractivity contribution in [1.82, 2.24) is 0 Å². The Hall–Kier alpha value is -1.65. The molecule has 0 saturated heterocycles. The molecule has 0 fully saturated rings. The Morgan fingerprint density at radius 3 is 2.67 bits per heavy atom. The van der Waals surface area contributed by atoms with Gasteiger partial charge in [-0.2, -0.15) is 0 Å². The molecule has 1 unspecified atom stereocenters. The van der Waals surface area contributed by atoms with Gasteiger partial charge in [0.25, 0.3) is 0 Å². The van der Waals surface area contributed by atoms with Crippen LogP contribution in [0, 0.1) is 11.8 Å². The summed E-state index contributed by atoms with van der Waals surface area (Å²) in [6.07, 6.45) is 1.88. The second kappa shape index (κ2) is 10.0. The van der Waals surface area contributed by atoms with Gasteiger partial charge < -0.3 is 20.3 Å². The lowest BCUT2D eigenvalue weighted by Crippen LogP contribution is -2.41. The van der Waals surface area contributed by atoms with E-state index in [1.54, 1.807) is 18.3 Å². The van der Waals surface area contributed by atoms with Gasteiger partial charge in [-0.15, -0.1) is 11.3 Å². The van der Waals surface area contributed by atoms with Crippen molar-refractivity contribution in [2.45, 2.75) is 31.7 Å². The third kappa shape index (κ3) is 9.21. The summed E-state index contributed by atoms with van der Waals surface area (Å²) in [5, 5.41) is 0. The number of rotatable bonds is 9. The largest absolute Gasteiger partial charge is 0.493 e. The van der Waals surface area contributed by atoms with Gasteiger partial charge in [0.05, 0.1) is 18.1 Å². The van der Waals surface area contributed by atoms with Crippen LogP contribution >= 0.6 is 19.2 Å². The molecule has 0 bridgehead atoms. The number of hydrogen-bond acceptors (Lipinski definition) is 5. The maximum atomic E-state index is 10.8. The Kier molecular flexibility index (Phi) is 8.06. The van der Waals surface area contributed by atoms with E-state index in [0.717, 1.165) is 15.5 Å². The Morgan fingerprint density at radius 2 is 1.96 bits per heavy atom. The third-order valence-electron chi connectivity index (χ3n) is 3.62. The standard InChI is InChI=1S/C19H24NO5PS/c1-19(20,15-25-26(21,22)23)13-12-18-11-10-17(27-18)9-5-6-14-24-16-7-3-2-4-8-16/h2-4,7-8,10-11H,6,12-15,20H2,1H3,(H2,21,22,23). The van der Waals surface area contributed by atoms with Crippen molar-refractivity contribution in [3.63, 3.8) is 0 Å². The molecule has 4 N–H and O–H groups in total. The molecule has 2 rings (SSSR count). The summed E-state index contributed by atoms with van der Waals surface area (Å²) >= 11 is 1.59. The van der Waals surface area contributed by atoms with Crippen molar-refractivity contribution in [2.75, 3.05) is 13.2 Å². The van der Waals surface area contributed by atoms with Crippen molar-refractivity contribution in [2.24, 2.45) is 5.73 Å². The Balaban J connectivity index is 1.74. The Labute approximate surface area is 163 Å². The highest BCUT2D eigenvalue weighted by molar-refractivity contribution is 7.46. The first-order valence-corrected chi connectivity index (χ1v) is 10.8. The van der Waals surface area contributed by atoms with E-state index < -0.39 is 13.4 Å². The van der Waals surface area contributed by atoms with E-state index in [4.69, 9.17) is 20.3 Å². The molecule has 1 atom stereocenters. The number of para-hydroxylation sites is 1. The zero-order valence-electron chi connectivity index (χ0n) is 15.1. The Bertz CT molecular complexity index is 819. The van der Waals surface area contributed by atoms with Gasteiger partial charge in [-0.3, -0.25) is 4.52 Å². The Morgan fingerprint density at radius 1 is 1.22 bits per heavy atom. The van der Waals surface area contributed by atoms with Gasteiger partial charge in [0.1, 0.15) is 5.75 Å². The van der Waals surface area contributed by atoms with Crippen LogP contribution in [0.2, 0.25) is 0 Å². The van der Waals surface area contributed by atoms with Crippen LogP contribution in [0.1, 0.15) is 29.5 Å². The molecular formula is C19H24NO5PS. The van der Waals surface area contributed by atoms with Crippen LogP contribution < -0.4 is 10.5 Å². The summed E-state index contributed by atoms with van der Waals surface area (Å²) in [7, 11) is -4.50. The number of ether oxygens (including phenoxy) is 1.